The molecule has 0 radical (unpaired) electrons. The highest BCUT2D eigenvalue weighted by molar-refractivity contribution is 5.89. The van der Waals surface area contributed by atoms with Crippen molar-refractivity contribution >= 4 is 11.7 Å². The summed E-state index contributed by atoms with van der Waals surface area (Å²) in [5, 5.41) is 11.2. The van der Waals surface area contributed by atoms with Crippen molar-refractivity contribution in [2.24, 2.45) is 0 Å². The average molecular weight is 276 g/mol. The Hall–Kier alpha value is -1.76. The maximum absolute atomic E-state index is 12.3. The van der Waals surface area contributed by atoms with Gasteiger partial charge in [-0.1, -0.05) is 0 Å². The Morgan fingerprint density at radius 1 is 1.32 bits per heavy atom. The van der Waals surface area contributed by atoms with Gasteiger partial charge in [0.1, 0.15) is 0 Å². The van der Waals surface area contributed by atoms with Gasteiger partial charge in [0.2, 0.25) is 0 Å². The summed E-state index contributed by atoms with van der Waals surface area (Å²) in [4.78, 5) is 13.0. The highest BCUT2D eigenvalue weighted by atomic mass is 19.4. The number of halogens is 3. The number of aliphatic hydroxyl groups is 1. The largest absolute Gasteiger partial charge is 0.416 e. The number of hydrogen-bond donors (Lipinski definition) is 2. The molecule has 0 aliphatic carbocycles. The van der Waals surface area contributed by atoms with E-state index in [9.17, 15) is 18.0 Å². The third-order valence-corrected chi connectivity index (χ3v) is 2.50. The molecule has 0 aliphatic heterocycles. The lowest BCUT2D eigenvalue weighted by molar-refractivity contribution is -0.137. The van der Waals surface area contributed by atoms with E-state index < -0.39 is 17.8 Å². The SMILES string of the molecule is CCN(CCO)C(=O)Nc1ccc(C(F)(F)F)cc1. The Bertz CT molecular complexity index is 418. The first-order valence-corrected chi connectivity index (χ1v) is 5.72. The van der Waals surface area contributed by atoms with E-state index in [-0.39, 0.29) is 18.8 Å². The van der Waals surface area contributed by atoms with Crippen molar-refractivity contribution in [3.63, 3.8) is 0 Å². The van der Waals surface area contributed by atoms with E-state index in [1.165, 1.54) is 17.0 Å². The van der Waals surface area contributed by atoms with E-state index in [4.69, 9.17) is 5.11 Å². The minimum atomic E-state index is -4.39. The Morgan fingerprint density at radius 2 is 1.89 bits per heavy atom. The van der Waals surface area contributed by atoms with Crippen molar-refractivity contribution in [2.45, 2.75) is 13.1 Å². The smallest absolute Gasteiger partial charge is 0.395 e. The van der Waals surface area contributed by atoms with Gasteiger partial charge in [-0.15, -0.1) is 0 Å². The summed E-state index contributed by atoms with van der Waals surface area (Å²) >= 11 is 0. The number of anilines is 1. The summed E-state index contributed by atoms with van der Waals surface area (Å²) < 4.78 is 37.0. The molecule has 0 unspecified atom stereocenters. The van der Waals surface area contributed by atoms with Gasteiger partial charge in [0.05, 0.1) is 12.2 Å². The predicted molar refractivity (Wildman–Crippen MR) is 64.8 cm³/mol. The maximum atomic E-state index is 12.3. The second kappa shape index (κ2) is 6.42. The molecule has 0 atom stereocenters. The quantitative estimate of drug-likeness (QED) is 0.888. The van der Waals surface area contributed by atoms with E-state index in [0.29, 0.717) is 6.54 Å². The molecule has 0 saturated carbocycles. The fraction of sp³-hybridized carbons (Fsp3) is 0.417. The molecule has 2 amide bonds. The molecular formula is C12H15F3N2O2. The van der Waals surface area contributed by atoms with E-state index in [0.717, 1.165) is 12.1 Å². The number of rotatable bonds is 4. The van der Waals surface area contributed by atoms with Crippen LogP contribution >= 0.6 is 0 Å². The van der Waals surface area contributed by atoms with Crippen LogP contribution in [0.15, 0.2) is 24.3 Å². The van der Waals surface area contributed by atoms with Crippen LogP contribution in [0.4, 0.5) is 23.7 Å². The van der Waals surface area contributed by atoms with E-state index in [2.05, 4.69) is 5.32 Å². The van der Waals surface area contributed by atoms with E-state index in [1.54, 1.807) is 6.92 Å². The van der Waals surface area contributed by atoms with Crippen molar-refractivity contribution in [1.29, 1.82) is 0 Å². The molecule has 0 saturated heterocycles. The number of carbonyl (C=O) groups is 1. The number of urea groups is 1. The lowest BCUT2D eigenvalue weighted by Gasteiger charge is -2.20. The maximum Gasteiger partial charge on any atom is 0.416 e. The molecule has 0 spiro atoms. The molecule has 4 nitrogen and oxygen atoms in total. The van der Waals surface area contributed by atoms with Gasteiger partial charge in [-0.05, 0) is 31.2 Å². The fourth-order valence-corrected chi connectivity index (χ4v) is 1.47. The van der Waals surface area contributed by atoms with Crippen molar-refractivity contribution in [1.82, 2.24) is 4.90 Å². The van der Waals surface area contributed by atoms with Crippen LogP contribution in [0.25, 0.3) is 0 Å². The summed E-state index contributed by atoms with van der Waals surface area (Å²) in [5.74, 6) is 0. The first-order chi connectivity index (χ1) is 8.88. The van der Waals surface area contributed by atoms with Crippen LogP contribution in [0, 0.1) is 0 Å². The first kappa shape index (κ1) is 15.3. The Morgan fingerprint density at radius 3 is 2.32 bits per heavy atom. The van der Waals surface area contributed by atoms with E-state index >= 15 is 0 Å². The summed E-state index contributed by atoms with van der Waals surface area (Å²) in [6.45, 7) is 2.13. The molecule has 0 heterocycles. The van der Waals surface area contributed by atoms with Crippen LogP contribution < -0.4 is 5.32 Å². The van der Waals surface area contributed by atoms with Gasteiger partial charge in [0.15, 0.2) is 0 Å². The number of hydrogen-bond acceptors (Lipinski definition) is 2. The molecular weight excluding hydrogens is 261 g/mol. The standard InChI is InChI=1S/C12H15F3N2O2/c1-2-17(7-8-18)11(19)16-10-5-3-9(4-6-10)12(13,14)15/h3-6,18H,2,7-8H2,1H3,(H,16,19). The monoisotopic (exact) mass is 276 g/mol. The van der Waals surface area contributed by atoms with Gasteiger partial charge in [-0.2, -0.15) is 13.2 Å². The Balaban J connectivity index is 2.70. The molecule has 0 fully saturated rings. The number of aliphatic hydroxyl groups excluding tert-OH is 1. The summed E-state index contributed by atoms with van der Waals surface area (Å²) in [7, 11) is 0. The third-order valence-electron chi connectivity index (χ3n) is 2.50. The predicted octanol–water partition coefficient (Wildman–Crippen LogP) is 2.55. The lowest BCUT2D eigenvalue weighted by Crippen LogP contribution is -2.36. The number of benzene rings is 1. The zero-order chi connectivity index (χ0) is 14.5. The number of carbonyl (C=O) groups excluding carboxylic acids is 1. The molecule has 106 valence electrons. The average Bonchev–Trinajstić information content (AvgIpc) is 2.35. The highest BCUT2D eigenvalue weighted by Gasteiger charge is 2.30. The topological polar surface area (TPSA) is 52.6 Å². The number of likely N-dealkylation sites (N-methyl/N-ethyl adjacent to an activating group) is 1. The molecule has 1 aromatic carbocycles. The molecule has 0 aliphatic rings. The molecule has 0 bridgehead atoms. The fourth-order valence-electron chi connectivity index (χ4n) is 1.47. The number of nitrogens with zero attached hydrogens (tertiary/aromatic N) is 1. The van der Waals surface area contributed by atoms with Crippen molar-refractivity contribution in [3.8, 4) is 0 Å². The summed E-state index contributed by atoms with van der Waals surface area (Å²) in [5.41, 5.74) is -0.498. The third kappa shape index (κ3) is 4.44. The highest BCUT2D eigenvalue weighted by Crippen LogP contribution is 2.29. The molecule has 2 N–H and O–H groups in total. The van der Waals surface area contributed by atoms with Crippen LogP contribution in [0.5, 0.6) is 0 Å². The van der Waals surface area contributed by atoms with Crippen LogP contribution in [0.2, 0.25) is 0 Å². The summed E-state index contributed by atoms with van der Waals surface area (Å²) in [6, 6.07) is 3.72. The number of nitrogens with one attached hydrogen (secondary N) is 1. The van der Waals surface area contributed by atoms with Crippen molar-refractivity contribution in [3.05, 3.63) is 29.8 Å². The summed E-state index contributed by atoms with van der Waals surface area (Å²) in [6.07, 6.45) is -4.39. The molecule has 0 aromatic heterocycles. The van der Waals surface area contributed by atoms with Crippen LogP contribution in [-0.4, -0.2) is 35.7 Å². The number of alkyl halides is 3. The molecule has 1 aromatic rings. The molecule has 7 heteroatoms. The van der Waals surface area contributed by atoms with Gasteiger partial charge in [-0.25, -0.2) is 4.79 Å². The molecule has 19 heavy (non-hydrogen) atoms. The van der Waals surface area contributed by atoms with Gasteiger partial charge >= 0.3 is 12.2 Å². The van der Waals surface area contributed by atoms with Gasteiger partial charge in [0, 0.05) is 18.8 Å². The second-order valence-electron chi connectivity index (χ2n) is 3.81. The second-order valence-corrected chi connectivity index (χ2v) is 3.81. The van der Waals surface area contributed by atoms with Gasteiger partial charge < -0.3 is 15.3 Å². The van der Waals surface area contributed by atoms with Crippen LogP contribution in [0.3, 0.4) is 0 Å². The Labute approximate surface area is 108 Å². The first-order valence-electron chi connectivity index (χ1n) is 5.72. The van der Waals surface area contributed by atoms with Crippen LogP contribution in [-0.2, 0) is 6.18 Å². The normalized spacial score (nSPS) is 11.2. The Kier molecular flexibility index (Phi) is 5.17. The zero-order valence-electron chi connectivity index (χ0n) is 10.4. The van der Waals surface area contributed by atoms with Crippen molar-refractivity contribution < 1.29 is 23.1 Å². The lowest BCUT2D eigenvalue weighted by atomic mass is 10.2. The minimum absolute atomic E-state index is 0.170. The molecule has 1 rings (SSSR count). The van der Waals surface area contributed by atoms with Crippen molar-refractivity contribution in [2.75, 3.05) is 25.0 Å². The zero-order valence-corrected chi connectivity index (χ0v) is 10.4. The minimum Gasteiger partial charge on any atom is -0.395 e. The van der Waals surface area contributed by atoms with Gasteiger partial charge in [-0.3, -0.25) is 0 Å². The number of amides is 2. The van der Waals surface area contributed by atoms with Crippen LogP contribution in [0.1, 0.15) is 12.5 Å². The van der Waals surface area contributed by atoms with E-state index in [1.807, 2.05) is 0 Å². The van der Waals surface area contributed by atoms with Gasteiger partial charge in [0.25, 0.3) is 0 Å².